The van der Waals surface area contributed by atoms with Gasteiger partial charge >= 0.3 is 0 Å². The number of rotatable bonds is 4. The molecule has 0 saturated carbocycles. The lowest BCUT2D eigenvalue weighted by molar-refractivity contribution is -0.121. The van der Waals surface area contributed by atoms with E-state index in [1.807, 2.05) is 0 Å². The fourth-order valence-corrected chi connectivity index (χ4v) is 1.56. The molecule has 0 fully saturated rings. The molecule has 1 rings (SSSR count). The van der Waals surface area contributed by atoms with Crippen molar-refractivity contribution in [3.05, 3.63) is 34.6 Å². The van der Waals surface area contributed by atoms with E-state index in [2.05, 4.69) is 5.32 Å². The van der Waals surface area contributed by atoms with Crippen LogP contribution in [0.2, 0.25) is 5.02 Å². The predicted octanol–water partition coefficient (Wildman–Crippen LogP) is 1.88. The largest absolute Gasteiger partial charge is 0.350 e. The molecule has 0 radical (unpaired) electrons. The highest BCUT2D eigenvalue weighted by molar-refractivity contribution is 6.31. The zero-order valence-electron chi connectivity index (χ0n) is 9.89. The van der Waals surface area contributed by atoms with Crippen LogP contribution in [-0.4, -0.2) is 18.0 Å². The molecule has 3 nitrogen and oxygen atoms in total. The molecule has 0 aliphatic carbocycles. The van der Waals surface area contributed by atoms with Crippen molar-refractivity contribution >= 4 is 17.5 Å². The van der Waals surface area contributed by atoms with Crippen molar-refractivity contribution in [3.8, 4) is 0 Å². The van der Waals surface area contributed by atoms with Crippen LogP contribution in [-0.2, 0) is 11.2 Å². The van der Waals surface area contributed by atoms with Crippen molar-refractivity contribution in [2.24, 2.45) is 5.73 Å². The van der Waals surface area contributed by atoms with Crippen molar-refractivity contribution in [2.45, 2.75) is 25.8 Å². The van der Waals surface area contributed by atoms with Crippen molar-refractivity contribution < 1.29 is 9.18 Å². The van der Waals surface area contributed by atoms with E-state index in [1.165, 1.54) is 12.1 Å². The molecular weight excluding hydrogens is 243 g/mol. The fourth-order valence-electron chi connectivity index (χ4n) is 1.33. The van der Waals surface area contributed by atoms with Crippen molar-refractivity contribution in [1.29, 1.82) is 0 Å². The lowest BCUT2D eigenvalue weighted by Crippen LogP contribution is -2.49. The van der Waals surface area contributed by atoms with Gasteiger partial charge in [0.2, 0.25) is 5.91 Å². The van der Waals surface area contributed by atoms with Crippen LogP contribution in [0.3, 0.4) is 0 Å². The number of nitrogens with one attached hydrogen (secondary N) is 1. The molecule has 0 unspecified atom stereocenters. The maximum atomic E-state index is 13.4. The zero-order valence-corrected chi connectivity index (χ0v) is 10.6. The van der Waals surface area contributed by atoms with Crippen LogP contribution in [0.5, 0.6) is 0 Å². The Hall–Kier alpha value is -1.13. The number of benzene rings is 1. The van der Waals surface area contributed by atoms with Crippen molar-refractivity contribution in [3.63, 3.8) is 0 Å². The minimum absolute atomic E-state index is 0.0884. The average molecular weight is 259 g/mol. The molecule has 1 aromatic carbocycles. The summed E-state index contributed by atoms with van der Waals surface area (Å²) in [6.45, 7) is 3.91. The van der Waals surface area contributed by atoms with E-state index in [1.54, 1.807) is 19.9 Å². The minimum Gasteiger partial charge on any atom is -0.350 e. The Labute approximate surface area is 105 Å². The van der Waals surface area contributed by atoms with E-state index in [0.29, 0.717) is 6.54 Å². The fraction of sp³-hybridized carbons (Fsp3) is 0.417. The molecule has 0 saturated heterocycles. The Morgan fingerprint density at radius 3 is 2.71 bits per heavy atom. The third-order valence-corrected chi connectivity index (χ3v) is 2.74. The molecule has 0 bridgehead atoms. The SMILES string of the molecule is CC(C)(CN)NC(=O)Cc1c(F)cccc1Cl. The summed E-state index contributed by atoms with van der Waals surface area (Å²) < 4.78 is 13.4. The lowest BCUT2D eigenvalue weighted by atomic mass is 10.0. The first kappa shape index (κ1) is 13.9. The topological polar surface area (TPSA) is 55.1 Å². The molecule has 17 heavy (non-hydrogen) atoms. The van der Waals surface area contributed by atoms with Crippen molar-refractivity contribution in [1.82, 2.24) is 5.32 Å². The standard InChI is InChI=1S/C12H16ClFN2O/c1-12(2,7-15)16-11(17)6-8-9(13)4-3-5-10(8)14/h3-5H,6-7,15H2,1-2H3,(H,16,17). The average Bonchev–Trinajstić information content (AvgIpc) is 2.23. The molecule has 0 atom stereocenters. The zero-order chi connectivity index (χ0) is 13.1. The summed E-state index contributed by atoms with van der Waals surface area (Å²) >= 11 is 5.83. The van der Waals surface area contributed by atoms with Crippen LogP contribution in [0.4, 0.5) is 4.39 Å². The summed E-state index contributed by atoms with van der Waals surface area (Å²) in [5.74, 6) is -0.773. The molecule has 0 heterocycles. The van der Waals surface area contributed by atoms with Crippen LogP contribution < -0.4 is 11.1 Å². The van der Waals surface area contributed by atoms with Gasteiger partial charge in [-0.15, -0.1) is 0 Å². The first-order chi connectivity index (χ1) is 7.85. The highest BCUT2D eigenvalue weighted by Gasteiger charge is 2.20. The second-order valence-electron chi connectivity index (χ2n) is 4.51. The van der Waals surface area contributed by atoms with Gasteiger partial charge < -0.3 is 11.1 Å². The molecule has 5 heteroatoms. The quantitative estimate of drug-likeness (QED) is 0.866. The normalized spacial score (nSPS) is 11.4. The van der Waals surface area contributed by atoms with E-state index < -0.39 is 11.4 Å². The molecule has 0 aliphatic heterocycles. The van der Waals surface area contributed by atoms with Gasteiger partial charge in [0.15, 0.2) is 0 Å². The smallest absolute Gasteiger partial charge is 0.225 e. The van der Waals surface area contributed by atoms with E-state index in [0.717, 1.165) is 0 Å². The van der Waals surface area contributed by atoms with Gasteiger partial charge in [0.05, 0.1) is 6.42 Å². The number of carbonyl (C=O) groups is 1. The molecule has 0 aliphatic rings. The number of carbonyl (C=O) groups excluding carboxylic acids is 1. The van der Waals surface area contributed by atoms with Gasteiger partial charge in [0.1, 0.15) is 5.82 Å². The van der Waals surface area contributed by atoms with Crippen LogP contribution >= 0.6 is 11.6 Å². The third-order valence-electron chi connectivity index (χ3n) is 2.39. The summed E-state index contributed by atoms with van der Waals surface area (Å²) in [7, 11) is 0. The predicted molar refractivity (Wildman–Crippen MR) is 66.4 cm³/mol. The van der Waals surface area contributed by atoms with Gasteiger partial charge in [-0.05, 0) is 26.0 Å². The summed E-state index contributed by atoms with van der Waals surface area (Å²) in [4.78, 5) is 11.7. The van der Waals surface area contributed by atoms with Crippen LogP contribution in [0.1, 0.15) is 19.4 Å². The van der Waals surface area contributed by atoms with Gasteiger partial charge in [-0.2, -0.15) is 0 Å². The van der Waals surface area contributed by atoms with Crippen LogP contribution in [0.15, 0.2) is 18.2 Å². The first-order valence-electron chi connectivity index (χ1n) is 5.30. The van der Waals surface area contributed by atoms with E-state index in [-0.39, 0.29) is 22.9 Å². The number of hydrogen-bond acceptors (Lipinski definition) is 2. The molecule has 1 amide bonds. The number of nitrogens with two attached hydrogens (primary N) is 1. The Morgan fingerprint density at radius 2 is 2.18 bits per heavy atom. The molecule has 1 aromatic rings. The molecule has 94 valence electrons. The Kier molecular flexibility index (Phi) is 4.48. The lowest BCUT2D eigenvalue weighted by Gasteiger charge is -2.24. The minimum atomic E-state index is -0.505. The van der Waals surface area contributed by atoms with Crippen molar-refractivity contribution in [2.75, 3.05) is 6.54 Å². The maximum absolute atomic E-state index is 13.4. The third kappa shape index (κ3) is 3.98. The maximum Gasteiger partial charge on any atom is 0.225 e. The number of hydrogen-bond donors (Lipinski definition) is 2. The first-order valence-corrected chi connectivity index (χ1v) is 5.67. The second-order valence-corrected chi connectivity index (χ2v) is 4.92. The highest BCUT2D eigenvalue weighted by Crippen LogP contribution is 2.19. The molecule has 0 spiro atoms. The summed E-state index contributed by atoms with van der Waals surface area (Å²) in [5, 5.41) is 2.97. The monoisotopic (exact) mass is 258 g/mol. The van der Waals surface area contributed by atoms with Gasteiger partial charge in [0.25, 0.3) is 0 Å². The number of amides is 1. The molecular formula is C12H16ClFN2O. The van der Waals surface area contributed by atoms with Gasteiger partial charge in [-0.25, -0.2) is 4.39 Å². The van der Waals surface area contributed by atoms with E-state index >= 15 is 0 Å². The molecule has 3 N–H and O–H groups in total. The van der Waals surface area contributed by atoms with E-state index in [9.17, 15) is 9.18 Å². The number of halogens is 2. The summed E-state index contributed by atoms with van der Waals surface area (Å²) in [6, 6.07) is 4.34. The Bertz CT molecular complexity index is 401. The van der Waals surface area contributed by atoms with Gasteiger partial charge in [-0.3, -0.25) is 4.79 Å². The highest BCUT2D eigenvalue weighted by atomic mass is 35.5. The van der Waals surface area contributed by atoms with E-state index in [4.69, 9.17) is 17.3 Å². The van der Waals surface area contributed by atoms with Gasteiger partial charge in [-0.1, -0.05) is 17.7 Å². The Morgan fingerprint density at radius 1 is 1.53 bits per heavy atom. The Balaban J connectivity index is 2.75. The second kappa shape index (κ2) is 5.47. The van der Waals surface area contributed by atoms with Crippen LogP contribution in [0, 0.1) is 5.82 Å². The van der Waals surface area contributed by atoms with Gasteiger partial charge in [0, 0.05) is 22.7 Å². The van der Waals surface area contributed by atoms with Crippen LogP contribution in [0.25, 0.3) is 0 Å². The summed E-state index contributed by atoms with van der Waals surface area (Å²) in [5.41, 5.74) is 5.20. The molecule has 0 aromatic heterocycles. The summed E-state index contributed by atoms with van der Waals surface area (Å²) in [6.07, 6.45) is -0.0884.